The zero-order valence-electron chi connectivity index (χ0n) is 9.27. The third kappa shape index (κ3) is 3.95. The molecule has 1 unspecified atom stereocenters. The summed E-state index contributed by atoms with van der Waals surface area (Å²) in [5, 5.41) is 3.38. The van der Waals surface area contributed by atoms with Crippen LogP contribution in [0, 0.1) is 5.92 Å². The summed E-state index contributed by atoms with van der Waals surface area (Å²) in [6.07, 6.45) is 9.00. The highest BCUT2D eigenvalue weighted by molar-refractivity contribution is 5.05. The van der Waals surface area contributed by atoms with Gasteiger partial charge in [-0.05, 0) is 45.1 Å². The molecule has 13 heavy (non-hydrogen) atoms. The highest BCUT2D eigenvalue weighted by atomic mass is 14.9. The molecule has 0 amide bonds. The zero-order valence-corrected chi connectivity index (χ0v) is 9.27. The Bertz CT molecular complexity index is 170. The molecule has 0 aromatic carbocycles. The lowest BCUT2D eigenvalue weighted by molar-refractivity contribution is 0.498. The molecule has 76 valence electrons. The first-order valence-corrected chi connectivity index (χ1v) is 5.57. The van der Waals surface area contributed by atoms with Crippen LogP contribution in [-0.2, 0) is 0 Å². The number of rotatable bonds is 3. The molecule has 1 aliphatic carbocycles. The predicted molar refractivity (Wildman–Crippen MR) is 58.9 cm³/mol. The first kappa shape index (κ1) is 10.8. The molecule has 1 nitrogen and oxygen atoms in total. The van der Waals surface area contributed by atoms with E-state index in [9.17, 15) is 0 Å². The molecule has 0 saturated carbocycles. The van der Waals surface area contributed by atoms with Gasteiger partial charge >= 0.3 is 0 Å². The SMILES string of the molecule is CNC1CCC=C(CC(C)C)CC1. The minimum Gasteiger partial charge on any atom is -0.317 e. The van der Waals surface area contributed by atoms with E-state index >= 15 is 0 Å². The largest absolute Gasteiger partial charge is 0.317 e. The van der Waals surface area contributed by atoms with Gasteiger partial charge in [0.1, 0.15) is 0 Å². The quantitative estimate of drug-likeness (QED) is 0.660. The summed E-state index contributed by atoms with van der Waals surface area (Å²) in [6, 6.07) is 0.751. The van der Waals surface area contributed by atoms with Gasteiger partial charge in [0.2, 0.25) is 0 Å². The van der Waals surface area contributed by atoms with Crippen LogP contribution in [0.25, 0.3) is 0 Å². The maximum Gasteiger partial charge on any atom is 0.00700 e. The van der Waals surface area contributed by atoms with Gasteiger partial charge in [0, 0.05) is 6.04 Å². The summed E-state index contributed by atoms with van der Waals surface area (Å²) in [4.78, 5) is 0. The Morgan fingerprint density at radius 2 is 2.23 bits per heavy atom. The van der Waals surface area contributed by atoms with Crippen molar-refractivity contribution in [3.05, 3.63) is 11.6 Å². The Morgan fingerprint density at radius 3 is 2.85 bits per heavy atom. The van der Waals surface area contributed by atoms with E-state index in [1.165, 1.54) is 32.1 Å². The van der Waals surface area contributed by atoms with Crippen molar-refractivity contribution >= 4 is 0 Å². The van der Waals surface area contributed by atoms with Crippen molar-refractivity contribution in [3.63, 3.8) is 0 Å². The summed E-state index contributed by atoms with van der Waals surface area (Å²) >= 11 is 0. The van der Waals surface area contributed by atoms with E-state index in [2.05, 4.69) is 32.3 Å². The van der Waals surface area contributed by atoms with E-state index in [0.29, 0.717) is 0 Å². The number of allylic oxidation sites excluding steroid dienone is 2. The molecule has 0 fully saturated rings. The monoisotopic (exact) mass is 181 g/mol. The fourth-order valence-corrected chi connectivity index (χ4v) is 2.09. The van der Waals surface area contributed by atoms with E-state index in [4.69, 9.17) is 0 Å². The second-order valence-corrected chi connectivity index (χ2v) is 4.56. The van der Waals surface area contributed by atoms with E-state index in [1.54, 1.807) is 5.57 Å². The predicted octanol–water partition coefficient (Wildman–Crippen LogP) is 3.12. The molecule has 1 N–H and O–H groups in total. The lowest BCUT2D eigenvalue weighted by atomic mass is 9.99. The van der Waals surface area contributed by atoms with Gasteiger partial charge in [-0.25, -0.2) is 0 Å². The van der Waals surface area contributed by atoms with Crippen molar-refractivity contribution in [3.8, 4) is 0 Å². The first-order valence-electron chi connectivity index (χ1n) is 5.57. The van der Waals surface area contributed by atoms with Crippen molar-refractivity contribution in [2.24, 2.45) is 5.92 Å². The summed E-state index contributed by atoms with van der Waals surface area (Å²) in [7, 11) is 2.08. The van der Waals surface area contributed by atoms with E-state index in [-0.39, 0.29) is 0 Å². The molecule has 0 radical (unpaired) electrons. The van der Waals surface area contributed by atoms with Crippen LogP contribution in [0.1, 0.15) is 46.0 Å². The maximum absolute atomic E-state index is 3.38. The van der Waals surface area contributed by atoms with Crippen LogP contribution in [0.4, 0.5) is 0 Å². The van der Waals surface area contributed by atoms with E-state index < -0.39 is 0 Å². The molecule has 1 rings (SSSR count). The molecule has 0 aromatic rings. The van der Waals surface area contributed by atoms with Crippen LogP contribution < -0.4 is 5.32 Å². The van der Waals surface area contributed by atoms with Crippen LogP contribution in [-0.4, -0.2) is 13.1 Å². The average molecular weight is 181 g/mol. The lowest BCUT2D eigenvalue weighted by Gasteiger charge is -2.13. The first-order chi connectivity index (χ1) is 6.22. The van der Waals surface area contributed by atoms with Gasteiger partial charge in [-0.3, -0.25) is 0 Å². The summed E-state index contributed by atoms with van der Waals surface area (Å²) in [5.41, 5.74) is 1.69. The van der Waals surface area contributed by atoms with Gasteiger partial charge in [0.15, 0.2) is 0 Å². The standard InChI is InChI=1S/C12H23N/c1-10(2)9-11-5-4-6-12(13-3)8-7-11/h5,10,12-13H,4,6-9H2,1-3H3. The van der Waals surface area contributed by atoms with Crippen molar-refractivity contribution in [2.75, 3.05) is 7.05 Å². The molecule has 0 aromatic heterocycles. The smallest absolute Gasteiger partial charge is 0.00700 e. The molecule has 0 spiro atoms. The minimum atomic E-state index is 0.751. The van der Waals surface area contributed by atoms with Crippen LogP contribution in [0.5, 0.6) is 0 Å². The topological polar surface area (TPSA) is 12.0 Å². The van der Waals surface area contributed by atoms with Gasteiger partial charge in [-0.2, -0.15) is 0 Å². The fraction of sp³-hybridized carbons (Fsp3) is 0.833. The third-order valence-corrected chi connectivity index (χ3v) is 2.84. The Balaban J connectivity index is 2.37. The van der Waals surface area contributed by atoms with Gasteiger partial charge in [0.05, 0.1) is 0 Å². The van der Waals surface area contributed by atoms with E-state index in [0.717, 1.165) is 12.0 Å². The minimum absolute atomic E-state index is 0.751. The highest BCUT2D eigenvalue weighted by Crippen LogP contribution is 2.22. The van der Waals surface area contributed by atoms with E-state index in [1.807, 2.05) is 0 Å². The van der Waals surface area contributed by atoms with Crippen molar-refractivity contribution in [1.29, 1.82) is 0 Å². The Labute approximate surface area is 82.6 Å². The van der Waals surface area contributed by atoms with Gasteiger partial charge in [0.25, 0.3) is 0 Å². The zero-order chi connectivity index (χ0) is 9.68. The van der Waals surface area contributed by atoms with Crippen LogP contribution in [0.3, 0.4) is 0 Å². The molecule has 0 bridgehead atoms. The van der Waals surface area contributed by atoms with Crippen LogP contribution >= 0.6 is 0 Å². The van der Waals surface area contributed by atoms with Crippen LogP contribution in [0.15, 0.2) is 11.6 Å². The number of nitrogens with one attached hydrogen (secondary N) is 1. The van der Waals surface area contributed by atoms with Crippen molar-refractivity contribution in [2.45, 2.75) is 52.0 Å². The molecular formula is C12H23N. The van der Waals surface area contributed by atoms with Gasteiger partial charge < -0.3 is 5.32 Å². The van der Waals surface area contributed by atoms with Crippen LogP contribution in [0.2, 0.25) is 0 Å². The Kier molecular flexibility index (Phi) is 4.51. The van der Waals surface area contributed by atoms with Gasteiger partial charge in [-0.1, -0.05) is 25.5 Å². The maximum atomic E-state index is 3.38. The molecule has 1 atom stereocenters. The summed E-state index contributed by atoms with van der Waals surface area (Å²) in [6.45, 7) is 4.61. The van der Waals surface area contributed by atoms with Gasteiger partial charge in [-0.15, -0.1) is 0 Å². The number of hydrogen-bond acceptors (Lipinski definition) is 1. The molecule has 0 saturated heterocycles. The average Bonchev–Trinajstić information content (AvgIpc) is 2.29. The Morgan fingerprint density at radius 1 is 1.46 bits per heavy atom. The molecular weight excluding hydrogens is 158 g/mol. The highest BCUT2D eigenvalue weighted by Gasteiger charge is 2.11. The lowest BCUT2D eigenvalue weighted by Crippen LogP contribution is -2.23. The molecule has 1 aliphatic rings. The number of hydrogen-bond donors (Lipinski definition) is 1. The Hall–Kier alpha value is -0.300. The summed E-state index contributed by atoms with van der Waals surface area (Å²) < 4.78 is 0. The second-order valence-electron chi connectivity index (χ2n) is 4.56. The third-order valence-electron chi connectivity index (χ3n) is 2.84. The second kappa shape index (κ2) is 5.43. The van der Waals surface area contributed by atoms with Crippen molar-refractivity contribution < 1.29 is 0 Å². The fourth-order valence-electron chi connectivity index (χ4n) is 2.09. The molecule has 0 heterocycles. The normalized spacial score (nSPS) is 24.3. The van der Waals surface area contributed by atoms with Crippen molar-refractivity contribution in [1.82, 2.24) is 5.32 Å². The molecule has 1 heteroatoms. The molecule has 0 aliphatic heterocycles. The summed E-state index contributed by atoms with van der Waals surface area (Å²) in [5.74, 6) is 0.817.